The highest BCUT2D eigenvalue weighted by atomic mass is 35.5. The predicted octanol–water partition coefficient (Wildman–Crippen LogP) is 2.69. The van der Waals surface area contributed by atoms with Crippen molar-refractivity contribution in [1.29, 1.82) is 0 Å². The van der Waals surface area contributed by atoms with Crippen molar-refractivity contribution in [2.45, 2.75) is 18.7 Å². The number of hydrogen-bond donors (Lipinski definition) is 0. The molecule has 0 bridgehead atoms. The maximum atomic E-state index is 5.79. The van der Waals surface area contributed by atoms with Crippen molar-refractivity contribution in [1.82, 2.24) is 4.90 Å². The second-order valence-electron chi connectivity index (χ2n) is 2.69. The van der Waals surface area contributed by atoms with Crippen LogP contribution < -0.4 is 0 Å². The Morgan fingerprint density at radius 2 is 2.18 bits per heavy atom. The highest BCUT2D eigenvalue weighted by Gasteiger charge is 1.98. The molecule has 1 atom stereocenters. The zero-order valence-corrected chi connectivity index (χ0v) is 8.57. The third-order valence-corrected chi connectivity index (χ3v) is 1.81. The molecule has 0 fully saturated rings. The summed E-state index contributed by atoms with van der Waals surface area (Å²) in [4.78, 5) is 2.18. The molecule has 0 aromatic carbocycles. The van der Waals surface area contributed by atoms with Gasteiger partial charge in [0.15, 0.2) is 0 Å². The van der Waals surface area contributed by atoms with Gasteiger partial charge in [0.2, 0.25) is 0 Å². The first kappa shape index (κ1) is 11.3. The molecule has 0 radical (unpaired) electrons. The maximum Gasteiger partial charge on any atom is 0.0320 e. The SMILES string of the molecule is CC(Cl)CCN(C)C/C=C/Cl. The standard InChI is InChI=1S/C8H15Cl2N/c1-8(10)4-7-11(2)6-3-5-9/h3,5,8H,4,6-7H2,1-2H3/b5-3+. The van der Waals surface area contributed by atoms with E-state index in [1.54, 1.807) is 5.54 Å². The third kappa shape index (κ3) is 8.18. The second-order valence-corrected chi connectivity index (χ2v) is 3.69. The molecule has 0 aromatic heterocycles. The Morgan fingerprint density at radius 3 is 2.64 bits per heavy atom. The van der Waals surface area contributed by atoms with Crippen molar-refractivity contribution in [2.24, 2.45) is 0 Å². The minimum Gasteiger partial charge on any atom is -0.303 e. The minimum atomic E-state index is 0.262. The van der Waals surface area contributed by atoms with Crippen molar-refractivity contribution in [2.75, 3.05) is 20.1 Å². The zero-order chi connectivity index (χ0) is 8.69. The number of alkyl halides is 1. The van der Waals surface area contributed by atoms with Gasteiger partial charge in [-0.15, -0.1) is 11.6 Å². The van der Waals surface area contributed by atoms with Crippen molar-refractivity contribution in [3.8, 4) is 0 Å². The molecular weight excluding hydrogens is 181 g/mol. The van der Waals surface area contributed by atoms with Crippen LogP contribution in [0.2, 0.25) is 0 Å². The fraction of sp³-hybridized carbons (Fsp3) is 0.750. The molecule has 0 rings (SSSR count). The summed E-state index contributed by atoms with van der Waals surface area (Å²) < 4.78 is 0. The van der Waals surface area contributed by atoms with Crippen molar-refractivity contribution >= 4 is 23.2 Å². The molecular formula is C8H15Cl2N. The van der Waals surface area contributed by atoms with Crippen LogP contribution in [-0.2, 0) is 0 Å². The normalized spacial score (nSPS) is 14.6. The van der Waals surface area contributed by atoms with Gasteiger partial charge in [0.05, 0.1) is 0 Å². The molecule has 0 amide bonds. The Morgan fingerprint density at radius 1 is 1.55 bits per heavy atom. The molecule has 0 aliphatic carbocycles. The van der Waals surface area contributed by atoms with Crippen LogP contribution in [0.25, 0.3) is 0 Å². The Balaban J connectivity index is 3.29. The van der Waals surface area contributed by atoms with Gasteiger partial charge in [-0.25, -0.2) is 0 Å². The monoisotopic (exact) mass is 195 g/mol. The highest BCUT2D eigenvalue weighted by molar-refractivity contribution is 6.25. The van der Waals surface area contributed by atoms with Crippen LogP contribution in [0.15, 0.2) is 11.6 Å². The molecule has 0 spiro atoms. The lowest BCUT2D eigenvalue weighted by Gasteiger charge is -2.14. The Hall–Kier alpha value is 0.280. The van der Waals surface area contributed by atoms with E-state index >= 15 is 0 Å². The second kappa shape index (κ2) is 6.96. The molecule has 0 N–H and O–H groups in total. The maximum absolute atomic E-state index is 5.79. The van der Waals surface area contributed by atoms with Gasteiger partial charge in [0.1, 0.15) is 0 Å². The summed E-state index contributed by atoms with van der Waals surface area (Å²) in [5.74, 6) is 0. The van der Waals surface area contributed by atoms with Crippen LogP contribution in [0.4, 0.5) is 0 Å². The number of nitrogens with zero attached hydrogens (tertiary/aromatic N) is 1. The first-order valence-electron chi connectivity index (χ1n) is 3.74. The molecule has 1 nitrogen and oxygen atoms in total. The summed E-state index contributed by atoms with van der Waals surface area (Å²) in [6, 6.07) is 0. The fourth-order valence-electron chi connectivity index (χ4n) is 0.709. The van der Waals surface area contributed by atoms with Crippen LogP contribution in [0, 0.1) is 0 Å². The molecule has 0 aliphatic heterocycles. The Bertz CT molecular complexity index is 113. The van der Waals surface area contributed by atoms with Gasteiger partial charge in [-0.2, -0.15) is 0 Å². The van der Waals surface area contributed by atoms with Crippen LogP contribution in [0.3, 0.4) is 0 Å². The Kier molecular flexibility index (Phi) is 7.13. The highest BCUT2D eigenvalue weighted by Crippen LogP contribution is 2.00. The largest absolute Gasteiger partial charge is 0.303 e. The molecule has 0 saturated carbocycles. The van der Waals surface area contributed by atoms with Crippen LogP contribution in [-0.4, -0.2) is 30.4 Å². The lowest BCUT2D eigenvalue weighted by molar-refractivity contribution is 0.363. The van der Waals surface area contributed by atoms with Gasteiger partial charge in [-0.05, 0) is 26.9 Å². The summed E-state index contributed by atoms with van der Waals surface area (Å²) >= 11 is 11.2. The van der Waals surface area contributed by atoms with Gasteiger partial charge in [-0.3, -0.25) is 0 Å². The van der Waals surface area contributed by atoms with Gasteiger partial charge >= 0.3 is 0 Å². The minimum absolute atomic E-state index is 0.262. The van der Waals surface area contributed by atoms with Gasteiger partial charge in [-0.1, -0.05) is 17.7 Å². The molecule has 0 saturated heterocycles. The molecule has 0 heterocycles. The molecule has 3 heteroatoms. The summed E-state index contributed by atoms with van der Waals surface area (Å²) in [7, 11) is 2.05. The van der Waals surface area contributed by atoms with E-state index in [1.807, 2.05) is 13.0 Å². The van der Waals surface area contributed by atoms with E-state index in [-0.39, 0.29) is 5.38 Å². The lowest BCUT2D eigenvalue weighted by Crippen LogP contribution is -2.21. The smallest absolute Gasteiger partial charge is 0.0320 e. The Labute approximate surface area is 79.0 Å². The van der Waals surface area contributed by atoms with Crippen molar-refractivity contribution in [3.63, 3.8) is 0 Å². The molecule has 66 valence electrons. The van der Waals surface area contributed by atoms with Crippen molar-refractivity contribution < 1.29 is 0 Å². The molecule has 0 aliphatic rings. The van der Waals surface area contributed by atoms with E-state index in [4.69, 9.17) is 23.2 Å². The molecule has 0 aromatic rings. The first-order chi connectivity index (χ1) is 5.16. The number of halogens is 2. The summed E-state index contributed by atoms with van der Waals surface area (Å²) in [5, 5.41) is 0.262. The van der Waals surface area contributed by atoms with Crippen molar-refractivity contribution in [3.05, 3.63) is 11.6 Å². The van der Waals surface area contributed by atoms with E-state index in [2.05, 4.69) is 11.9 Å². The van der Waals surface area contributed by atoms with Crippen LogP contribution in [0.5, 0.6) is 0 Å². The average molecular weight is 196 g/mol. The van der Waals surface area contributed by atoms with E-state index in [9.17, 15) is 0 Å². The van der Waals surface area contributed by atoms with E-state index in [0.717, 1.165) is 19.5 Å². The quantitative estimate of drug-likeness (QED) is 0.611. The van der Waals surface area contributed by atoms with Gasteiger partial charge in [0.25, 0.3) is 0 Å². The topological polar surface area (TPSA) is 3.24 Å². The first-order valence-corrected chi connectivity index (χ1v) is 4.62. The number of hydrogen-bond acceptors (Lipinski definition) is 1. The van der Waals surface area contributed by atoms with E-state index in [1.165, 1.54) is 0 Å². The van der Waals surface area contributed by atoms with Gasteiger partial charge in [0, 0.05) is 17.5 Å². The summed E-state index contributed by atoms with van der Waals surface area (Å²) in [6.45, 7) is 3.92. The molecule has 1 unspecified atom stereocenters. The average Bonchev–Trinajstić information content (AvgIpc) is 1.97. The lowest BCUT2D eigenvalue weighted by atomic mass is 10.3. The van der Waals surface area contributed by atoms with Gasteiger partial charge < -0.3 is 4.90 Å². The van der Waals surface area contributed by atoms with Crippen LogP contribution >= 0.6 is 23.2 Å². The summed E-state index contributed by atoms with van der Waals surface area (Å²) in [6.07, 6.45) is 2.94. The summed E-state index contributed by atoms with van der Waals surface area (Å²) in [5.41, 5.74) is 1.54. The van der Waals surface area contributed by atoms with Crippen LogP contribution in [0.1, 0.15) is 13.3 Å². The number of rotatable bonds is 5. The third-order valence-electron chi connectivity index (χ3n) is 1.41. The van der Waals surface area contributed by atoms with E-state index in [0.29, 0.717) is 0 Å². The molecule has 11 heavy (non-hydrogen) atoms. The van der Waals surface area contributed by atoms with E-state index < -0.39 is 0 Å². The predicted molar refractivity (Wildman–Crippen MR) is 52.4 cm³/mol. The fourth-order valence-corrected chi connectivity index (χ4v) is 0.887. The number of likely N-dealkylation sites (N-methyl/N-ethyl adjacent to an activating group) is 1. The zero-order valence-electron chi connectivity index (χ0n) is 7.06.